The van der Waals surface area contributed by atoms with Crippen LogP contribution in [0.4, 0.5) is 4.79 Å². The van der Waals surface area contributed by atoms with Crippen LogP contribution in [0.15, 0.2) is 0 Å². The number of hydrogen-bond donors (Lipinski definition) is 1. The Morgan fingerprint density at radius 1 is 1.44 bits per heavy atom. The molecule has 0 aromatic rings. The number of nitrogens with zero attached hydrogens (tertiary/aromatic N) is 1. The highest BCUT2D eigenvalue weighted by Crippen LogP contribution is 2.14. The second kappa shape index (κ2) is 5.04. The lowest BCUT2D eigenvalue weighted by atomic mass is 10.2. The third kappa shape index (κ3) is 4.39. The van der Waals surface area contributed by atoms with Crippen LogP contribution < -0.4 is 5.32 Å². The van der Waals surface area contributed by atoms with Gasteiger partial charge >= 0.3 is 6.09 Å². The lowest BCUT2D eigenvalue weighted by Crippen LogP contribution is -2.42. The van der Waals surface area contributed by atoms with Gasteiger partial charge in [0.15, 0.2) is 0 Å². The molecular weight excluding hydrogens is 204 g/mol. The summed E-state index contributed by atoms with van der Waals surface area (Å²) in [6.07, 6.45) is 2.08. The average Bonchev–Trinajstić information content (AvgIpc) is 2.48. The van der Waals surface area contributed by atoms with E-state index in [9.17, 15) is 4.79 Å². The Kier molecular flexibility index (Phi) is 4.19. The third-order valence-electron chi connectivity index (χ3n) is 2.67. The molecule has 4 nitrogen and oxygen atoms in total. The van der Waals surface area contributed by atoms with Gasteiger partial charge in [0.25, 0.3) is 0 Å². The van der Waals surface area contributed by atoms with Crippen LogP contribution in [-0.2, 0) is 4.74 Å². The molecule has 1 fully saturated rings. The fourth-order valence-electron chi connectivity index (χ4n) is 1.91. The van der Waals surface area contributed by atoms with E-state index in [1.54, 1.807) is 11.9 Å². The van der Waals surface area contributed by atoms with Gasteiger partial charge in [-0.1, -0.05) is 0 Å². The van der Waals surface area contributed by atoms with Crippen LogP contribution in [0.3, 0.4) is 0 Å². The molecule has 0 bridgehead atoms. The standard InChI is InChI=1S/C12H24N2O2/c1-9-6-7-10(13-9)8-14(5)11(15)16-12(2,3)4/h9-10,13H,6-8H2,1-5H3. The average molecular weight is 228 g/mol. The molecule has 0 aromatic heterocycles. The minimum Gasteiger partial charge on any atom is -0.444 e. The molecule has 16 heavy (non-hydrogen) atoms. The molecule has 2 atom stereocenters. The van der Waals surface area contributed by atoms with E-state index in [4.69, 9.17) is 4.74 Å². The number of carbonyl (C=O) groups is 1. The summed E-state index contributed by atoms with van der Waals surface area (Å²) in [5.74, 6) is 0. The molecule has 1 rings (SSSR count). The van der Waals surface area contributed by atoms with Crippen molar-refractivity contribution in [2.24, 2.45) is 0 Å². The molecule has 94 valence electrons. The molecular formula is C12H24N2O2. The smallest absolute Gasteiger partial charge is 0.410 e. The molecule has 0 spiro atoms. The molecule has 0 saturated carbocycles. The van der Waals surface area contributed by atoms with Crippen molar-refractivity contribution in [3.05, 3.63) is 0 Å². The Bertz CT molecular complexity index is 248. The first kappa shape index (κ1) is 13.3. The van der Waals surface area contributed by atoms with E-state index in [1.165, 1.54) is 6.42 Å². The van der Waals surface area contributed by atoms with E-state index in [0.29, 0.717) is 12.1 Å². The molecule has 1 aliphatic heterocycles. The zero-order valence-electron chi connectivity index (χ0n) is 11.0. The molecule has 4 heteroatoms. The van der Waals surface area contributed by atoms with Crippen molar-refractivity contribution in [1.29, 1.82) is 0 Å². The summed E-state index contributed by atoms with van der Waals surface area (Å²) in [6, 6.07) is 0.976. The number of nitrogens with one attached hydrogen (secondary N) is 1. The van der Waals surface area contributed by atoms with Gasteiger partial charge in [-0.3, -0.25) is 0 Å². The van der Waals surface area contributed by atoms with Gasteiger partial charge in [0.1, 0.15) is 5.60 Å². The van der Waals surface area contributed by atoms with Crippen molar-refractivity contribution in [3.63, 3.8) is 0 Å². The second-order valence-corrected chi connectivity index (χ2v) is 5.70. The molecule has 1 saturated heterocycles. The van der Waals surface area contributed by atoms with Gasteiger partial charge in [-0.15, -0.1) is 0 Å². The molecule has 1 amide bonds. The highest BCUT2D eigenvalue weighted by atomic mass is 16.6. The van der Waals surface area contributed by atoms with Gasteiger partial charge in [-0.25, -0.2) is 4.79 Å². The fourth-order valence-corrected chi connectivity index (χ4v) is 1.91. The summed E-state index contributed by atoms with van der Waals surface area (Å²) < 4.78 is 5.30. The van der Waals surface area contributed by atoms with Crippen LogP contribution in [0.2, 0.25) is 0 Å². The van der Waals surface area contributed by atoms with Gasteiger partial charge in [0, 0.05) is 25.7 Å². The maximum Gasteiger partial charge on any atom is 0.410 e. The minimum absolute atomic E-state index is 0.242. The largest absolute Gasteiger partial charge is 0.444 e. The van der Waals surface area contributed by atoms with Crippen molar-refractivity contribution < 1.29 is 9.53 Å². The maximum absolute atomic E-state index is 11.7. The maximum atomic E-state index is 11.7. The normalized spacial score (nSPS) is 25.6. The lowest BCUT2D eigenvalue weighted by Gasteiger charge is -2.26. The highest BCUT2D eigenvalue weighted by molar-refractivity contribution is 5.67. The zero-order chi connectivity index (χ0) is 12.3. The summed E-state index contributed by atoms with van der Waals surface area (Å²) in [5, 5.41) is 3.45. The van der Waals surface area contributed by atoms with E-state index in [-0.39, 0.29) is 6.09 Å². The summed E-state index contributed by atoms with van der Waals surface area (Å²) in [5.41, 5.74) is -0.415. The fraction of sp³-hybridized carbons (Fsp3) is 0.917. The van der Waals surface area contributed by atoms with Crippen molar-refractivity contribution in [2.45, 2.75) is 58.2 Å². The quantitative estimate of drug-likeness (QED) is 0.786. The first-order chi connectivity index (χ1) is 7.28. The van der Waals surface area contributed by atoms with Crippen LogP contribution in [0.1, 0.15) is 40.5 Å². The van der Waals surface area contributed by atoms with Crippen molar-refractivity contribution in [2.75, 3.05) is 13.6 Å². The van der Waals surface area contributed by atoms with Gasteiger partial charge < -0.3 is 15.0 Å². The number of amides is 1. The Hall–Kier alpha value is -0.770. The number of carbonyl (C=O) groups excluding carboxylic acids is 1. The molecule has 0 aromatic carbocycles. The van der Waals surface area contributed by atoms with Gasteiger partial charge in [0.2, 0.25) is 0 Å². The van der Waals surface area contributed by atoms with Crippen molar-refractivity contribution >= 4 is 6.09 Å². The van der Waals surface area contributed by atoms with E-state index in [0.717, 1.165) is 13.0 Å². The summed E-state index contributed by atoms with van der Waals surface area (Å²) in [4.78, 5) is 13.4. The van der Waals surface area contributed by atoms with Crippen LogP contribution in [0.25, 0.3) is 0 Å². The SMILES string of the molecule is CC1CCC(CN(C)C(=O)OC(C)(C)C)N1. The van der Waals surface area contributed by atoms with Crippen molar-refractivity contribution in [3.8, 4) is 0 Å². The van der Waals surface area contributed by atoms with Crippen LogP contribution in [0.5, 0.6) is 0 Å². The molecule has 2 unspecified atom stereocenters. The van der Waals surface area contributed by atoms with E-state index >= 15 is 0 Å². The Labute approximate surface area is 98.3 Å². The summed E-state index contributed by atoms with van der Waals surface area (Å²) in [7, 11) is 1.79. The second-order valence-electron chi connectivity index (χ2n) is 5.70. The number of rotatable bonds is 2. The Morgan fingerprint density at radius 3 is 2.50 bits per heavy atom. The number of ether oxygens (including phenoxy) is 1. The summed E-state index contributed by atoms with van der Waals surface area (Å²) in [6.45, 7) is 8.55. The molecule has 1 N–H and O–H groups in total. The molecule has 0 radical (unpaired) electrons. The number of likely N-dealkylation sites (N-methyl/N-ethyl adjacent to an activating group) is 1. The van der Waals surface area contributed by atoms with Crippen LogP contribution in [0, 0.1) is 0 Å². The third-order valence-corrected chi connectivity index (χ3v) is 2.67. The molecule has 1 heterocycles. The Balaban J connectivity index is 2.34. The highest BCUT2D eigenvalue weighted by Gasteiger charge is 2.25. The first-order valence-electron chi connectivity index (χ1n) is 5.98. The Morgan fingerprint density at radius 2 is 2.06 bits per heavy atom. The van der Waals surface area contributed by atoms with E-state index in [2.05, 4.69) is 12.2 Å². The van der Waals surface area contributed by atoms with Gasteiger partial charge in [0.05, 0.1) is 0 Å². The van der Waals surface area contributed by atoms with Gasteiger partial charge in [-0.05, 0) is 40.5 Å². The number of hydrogen-bond acceptors (Lipinski definition) is 3. The summed E-state index contributed by atoms with van der Waals surface area (Å²) >= 11 is 0. The van der Waals surface area contributed by atoms with Crippen molar-refractivity contribution in [1.82, 2.24) is 10.2 Å². The molecule has 1 aliphatic rings. The van der Waals surface area contributed by atoms with Crippen LogP contribution >= 0.6 is 0 Å². The lowest BCUT2D eigenvalue weighted by molar-refractivity contribution is 0.0285. The topological polar surface area (TPSA) is 41.6 Å². The van der Waals surface area contributed by atoms with E-state index in [1.807, 2.05) is 20.8 Å². The molecule has 0 aliphatic carbocycles. The predicted octanol–water partition coefficient (Wildman–Crippen LogP) is 1.99. The predicted molar refractivity (Wildman–Crippen MR) is 64.5 cm³/mol. The van der Waals surface area contributed by atoms with E-state index < -0.39 is 5.60 Å². The zero-order valence-corrected chi connectivity index (χ0v) is 11.0. The first-order valence-corrected chi connectivity index (χ1v) is 5.98. The minimum atomic E-state index is -0.415. The van der Waals surface area contributed by atoms with Gasteiger partial charge in [-0.2, -0.15) is 0 Å². The monoisotopic (exact) mass is 228 g/mol. The van der Waals surface area contributed by atoms with Crippen LogP contribution in [-0.4, -0.2) is 42.3 Å².